The molecule has 0 amide bonds. The van der Waals surface area contributed by atoms with E-state index in [-0.39, 0.29) is 19.0 Å². The van der Waals surface area contributed by atoms with Crippen molar-refractivity contribution in [3.05, 3.63) is 46.7 Å². The van der Waals surface area contributed by atoms with E-state index < -0.39 is 14.0 Å². The maximum Gasteiger partial charge on any atom is 0.361 e. The Labute approximate surface area is 191 Å². The van der Waals surface area contributed by atoms with Crippen LogP contribution in [0.5, 0.6) is 0 Å². The third kappa shape index (κ3) is 6.52. The van der Waals surface area contributed by atoms with Crippen LogP contribution in [0, 0.1) is 0 Å². The molecular formula is C21H26BrN5O3Si. The van der Waals surface area contributed by atoms with E-state index in [1.54, 1.807) is 6.92 Å². The van der Waals surface area contributed by atoms with Crippen molar-refractivity contribution in [3.8, 4) is 22.5 Å². The van der Waals surface area contributed by atoms with E-state index >= 15 is 0 Å². The number of carbonyl (C=O) groups excluding carboxylic acids is 1. The minimum Gasteiger partial charge on any atom is -0.461 e. The molecule has 3 aromatic rings. The summed E-state index contributed by atoms with van der Waals surface area (Å²) in [4.78, 5) is 13.8. The normalized spacial score (nSPS) is 11.5. The minimum absolute atomic E-state index is 0.173. The van der Waals surface area contributed by atoms with Gasteiger partial charge in [-0.25, -0.2) is 4.79 Å². The van der Waals surface area contributed by atoms with Gasteiger partial charge in [-0.2, -0.15) is 9.90 Å². The summed E-state index contributed by atoms with van der Waals surface area (Å²) in [7, 11) is -1.18. The fourth-order valence-electron chi connectivity index (χ4n) is 2.73. The largest absolute Gasteiger partial charge is 0.461 e. The number of ether oxygens (including phenoxy) is 2. The highest BCUT2D eigenvalue weighted by Gasteiger charge is 2.21. The molecule has 8 nitrogen and oxygen atoms in total. The number of rotatable bonds is 9. The number of hydrogen-bond donors (Lipinski definition) is 0. The maximum absolute atomic E-state index is 12.4. The van der Waals surface area contributed by atoms with E-state index in [9.17, 15) is 4.79 Å². The number of nitrogens with zero attached hydrogens (tertiary/aromatic N) is 5. The zero-order valence-corrected chi connectivity index (χ0v) is 20.7. The number of aromatic nitrogens is 5. The van der Waals surface area contributed by atoms with Crippen LogP contribution >= 0.6 is 15.9 Å². The highest BCUT2D eigenvalue weighted by atomic mass is 79.9. The fourth-order valence-corrected chi connectivity index (χ4v) is 3.70. The molecule has 0 aliphatic heterocycles. The summed E-state index contributed by atoms with van der Waals surface area (Å²) in [5, 5.41) is 17.0. The molecule has 10 heteroatoms. The lowest BCUT2D eigenvalue weighted by Crippen LogP contribution is -2.22. The molecule has 1 aromatic carbocycles. The molecule has 0 spiro atoms. The van der Waals surface area contributed by atoms with E-state index in [0.29, 0.717) is 16.9 Å². The van der Waals surface area contributed by atoms with Gasteiger partial charge in [0.05, 0.1) is 12.3 Å². The van der Waals surface area contributed by atoms with Crippen LogP contribution in [0.2, 0.25) is 25.7 Å². The van der Waals surface area contributed by atoms with E-state index in [0.717, 1.165) is 22.9 Å². The number of benzene rings is 1. The van der Waals surface area contributed by atoms with E-state index in [2.05, 4.69) is 56.0 Å². The maximum atomic E-state index is 12.4. The van der Waals surface area contributed by atoms with Crippen molar-refractivity contribution < 1.29 is 14.3 Å². The zero-order valence-electron chi connectivity index (χ0n) is 18.1. The standard InChI is InChI=1S/C21H26BrN5O3Si/c1-5-30-21(28)20-19(25-27(26-20)14-29-12-13-31(2,3)4)16-8-6-15(7-9-16)17-10-11-18(22)24-23-17/h6-11H,5,12-14H2,1-4H3. The van der Waals surface area contributed by atoms with Gasteiger partial charge in [0.2, 0.25) is 0 Å². The Hall–Kier alpha value is -2.43. The summed E-state index contributed by atoms with van der Waals surface area (Å²) >= 11 is 3.29. The van der Waals surface area contributed by atoms with Crippen molar-refractivity contribution in [2.45, 2.75) is 39.3 Å². The molecular weight excluding hydrogens is 478 g/mol. The van der Waals surface area contributed by atoms with Gasteiger partial charge in [0.15, 0.2) is 12.4 Å². The SMILES string of the molecule is CCOC(=O)c1nn(COCC[Si](C)(C)C)nc1-c1ccc(-c2ccc(Br)nn2)cc1. The lowest BCUT2D eigenvalue weighted by atomic mass is 10.1. The lowest BCUT2D eigenvalue weighted by Gasteiger charge is -2.14. The van der Waals surface area contributed by atoms with E-state index in [1.165, 1.54) is 4.80 Å². The zero-order chi connectivity index (χ0) is 22.4. The smallest absolute Gasteiger partial charge is 0.361 e. The Morgan fingerprint density at radius 2 is 1.74 bits per heavy atom. The highest BCUT2D eigenvalue weighted by molar-refractivity contribution is 9.10. The van der Waals surface area contributed by atoms with Gasteiger partial charge in [-0.3, -0.25) is 0 Å². The highest BCUT2D eigenvalue weighted by Crippen LogP contribution is 2.25. The second-order valence-corrected chi connectivity index (χ2v) is 14.6. The van der Waals surface area contributed by atoms with Crippen LogP contribution in [0.15, 0.2) is 41.0 Å². The molecule has 0 aliphatic carbocycles. The molecule has 0 bridgehead atoms. The van der Waals surface area contributed by atoms with Gasteiger partial charge in [0, 0.05) is 25.8 Å². The summed E-state index contributed by atoms with van der Waals surface area (Å²) in [5.74, 6) is -0.506. The Morgan fingerprint density at radius 3 is 2.35 bits per heavy atom. The molecule has 0 fully saturated rings. The van der Waals surface area contributed by atoms with Crippen LogP contribution < -0.4 is 0 Å². The molecule has 0 radical (unpaired) electrons. The minimum atomic E-state index is -1.18. The molecule has 2 aromatic heterocycles. The first kappa shape index (κ1) is 23.2. The van der Waals surface area contributed by atoms with Gasteiger partial charge in [-0.1, -0.05) is 43.9 Å². The summed E-state index contributed by atoms with van der Waals surface area (Å²) in [6.07, 6.45) is 0. The van der Waals surface area contributed by atoms with Gasteiger partial charge in [-0.05, 0) is 41.0 Å². The predicted molar refractivity (Wildman–Crippen MR) is 124 cm³/mol. The van der Waals surface area contributed by atoms with E-state index in [1.807, 2.05) is 36.4 Å². The molecule has 0 N–H and O–H groups in total. The van der Waals surface area contributed by atoms with Crippen LogP contribution in [0.4, 0.5) is 0 Å². The molecule has 2 heterocycles. The Bertz CT molecular complexity index is 1020. The average Bonchev–Trinajstić information content (AvgIpc) is 3.16. The van der Waals surface area contributed by atoms with Crippen molar-refractivity contribution in [1.82, 2.24) is 25.2 Å². The van der Waals surface area contributed by atoms with Crippen LogP contribution in [0.1, 0.15) is 17.4 Å². The van der Waals surface area contributed by atoms with Crippen molar-refractivity contribution >= 4 is 30.0 Å². The van der Waals surface area contributed by atoms with Gasteiger partial charge in [0.1, 0.15) is 10.3 Å². The second kappa shape index (κ2) is 10.3. The summed E-state index contributed by atoms with van der Waals surface area (Å²) in [6, 6.07) is 12.3. The molecule has 0 atom stereocenters. The first-order valence-electron chi connectivity index (χ1n) is 10.1. The van der Waals surface area contributed by atoms with Crippen molar-refractivity contribution in [2.24, 2.45) is 0 Å². The van der Waals surface area contributed by atoms with Crippen molar-refractivity contribution in [3.63, 3.8) is 0 Å². The number of carbonyl (C=O) groups is 1. The molecule has 0 unspecified atom stereocenters. The first-order chi connectivity index (χ1) is 14.8. The molecule has 0 saturated heterocycles. The third-order valence-corrected chi connectivity index (χ3v) is 6.54. The van der Waals surface area contributed by atoms with Gasteiger partial charge < -0.3 is 9.47 Å². The summed E-state index contributed by atoms with van der Waals surface area (Å²) in [6.45, 7) is 9.73. The van der Waals surface area contributed by atoms with Gasteiger partial charge in [-0.15, -0.1) is 15.3 Å². The Balaban J connectivity index is 1.81. The molecule has 0 saturated carbocycles. The first-order valence-corrected chi connectivity index (χ1v) is 14.6. The van der Waals surface area contributed by atoms with Gasteiger partial charge in [0.25, 0.3) is 0 Å². The fraction of sp³-hybridized carbons (Fsp3) is 0.381. The van der Waals surface area contributed by atoms with Crippen LogP contribution in [-0.4, -0.2) is 52.4 Å². The predicted octanol–water partition coefficient (Wildman–Crippen LogP) is 4.65. The molecule has 0 aliphatic rings. The third-order valence-electron chi connectivity index (χ3n) is 4.41. The molecule has 3 rings (SSSR count). The monoisotopic (exact) mass is 503 g/mol. The number of halogens is 1. The van der Waals surface area contributed by atoms with Crippen LogP contribution in [0.3, 0.4) is 0 Å². The van der Waals surface area contributed by atoms with Crippen molar-refractivity contribution in [1.29, 1.82) is 0 Å². The molecule has 31 heavy (non-hydrogen) atoms. The van der Waals surface area contributed by atoms with Crippen LogP contribution in [-0.2, 0) is 16.2 Å². The van der Waals surface area contributed by atoms with Gasteiger partial charge >= 0.3 is 5.97 Å². The average molecular weight is 504 g/mol. The summed E-state index contributed by atoms with van der Waals surface area (Å²) in [5.41, 5.74) is 3.04. The van der Waals surface area contributed by atoms with E-state index in [4.69, 9.17) is 9.47 Å². The van der Waals surface area contributed by atoms with Crippen molar-refractivity contribution in [2.75, 3.05) is 13.2 Å². The lowest BCUT2D eigenvalue weighted by molar-refractivity contribution is 0.0507. The summed E-state index contributed by atoms with van der Waals surface area (Å²) < 4.78 is 11.6. The Morgan fingerprint density at radius 1 is 1.03 bits per heavy atom. The second-order valence-electron chi connectivity index (χ2n) is 8.16. The molecule has 164 valence electrons. The Kier molecular flexibility index (Phi) is 7.68. The number of esters is 1. The topological polar surface area (TPSA) is 92.0 Å². The number of hydrogen-bond acceptors (Lipinski definition) is 7. The quantitative estimate of drug-likeness (QED) is 0.238. The van der Waals surface area contributed by atoms with Crippen LogP contribution in [0.25, 0.3) is 22.5 Å².